The molecule has 1 aliphatic heterocycles. The SMILES string of the molecule is O=c1[nH]ncc(N2CCN(C[C@@H]3CCCc4ccccc43)CC2)c1Cl. The van der Waals surface area contributed by atoms with Crippen molar-refractivity contribution >= 4 is 17.3 Å². The van der Waals surface area contributed by atoms with Gasteiger partial charge in [-0.1, -0.05) is 35.9 Å². The van der Waals surface area contributed by atoms with Gasteiger partial charge in [0.1, 0.15) is 5.02 Å². The van der Waals surface area contributed by atoms with E-state index >= 15 is 0 Å². The predicted octanol–water partition coefficient (Wildman–Crippen LogP) is 2.67. The average Bonchev–Trinajstić information content (AvgIpc) is 2.65. The number of nitrogens with zero attached hydrogens (tertiary/aromatic N) is 3. The Hall–Kier alpha value is -1.85. The number of rotatable bonds is 3. The van der Waals surface area contributed by atoms with Gasteiger partial charge in [0.2, 0.25) is 0 Å². The number of benzene rings is 1. The van der Waals surface area contributed by atoms with E-state index < -0.39 is 0 Å². The zero-order chi connectivity index (χ0) is 17.2. The molecule has 0 bridgehead atoms. The number of hydrogen-bond donors (Lipinski definition) is 1. The molecule has 1 aromatic heterocycles. The predicted molar refractivity (Wildman–Crippen MR) is 101 cm³/mol. The third kappa shape index (κ3) is 3.44. The van der Waals surface area contributed by atoms with Crippen molar-refractivity contribution in [2.24, 2.45) is 0 Å². The number of piperazine rings is 1. The third-order valence-corrected chi connectivity index (χ3v) is 5.83. The molecule has 2 aromatic rings. The number of aryl methyl sites for hydroxylation is 1. The second-order valence-electron chi connectivity index (χ2n) is 6.97. The first-order valence-electron chi connectivity index (χ1n) is 9.00. The van der Waals surface area contributed by atoms with Gasteiger partial charge in [-0.25, -0.2) is 5.10 Å². The van der Waals surface area contributed by atoms with Crippen molar-refractivity contribution < 1.29 is 0 Å². The van der Waals surface area contributed by atoms with Crippen LogP contribution in [0.15, 0.2) is 35.3 Å². The number of H-pyrrole nitrogens is 1. The minimum absolute atomic E-state index is 0.240. The zero-order valence-corrected chi connectivity index (χ0v) is 15.0. The summed E-state index contributed by atoms with van der Waals surface area (Å²) in [7, 11) is 0. The Balaban J connectivity index is 1.40. The van der Waals surface area contributed by atoms with Crippen LogP contribution in [0.1, 0.15) is 29.9 Å². The Labute approximate surface area is 152 Å². The fourth-order valence-corrected chi connectivity index (χ4v) is 4.33. The van der Waals surface area contributed by atoms with Crippen molar-refractivity contribution in [3.8, 4) is 0 Å². The summed E-state index contributed by atoms with van der Waals surface area (Å²) in [6.45, 7) is 4.84. The van der Waals surface area contributed by atoms with E-state index in [0.29, 0.717) is 5.92 Å². The van der Waals surface area contributed by atoms with Crippen LogP contribution < -0.4 is 10.5 Å². The number of nitrogens with one attached hydrogen (secondary N) is 1. The standard InChI is InChI=1S/C19H23ClN4O/c20-18-17(12-21-22-19(18)25)24-10-8-23(9-11-24)13-15-6-3-5-14-4-1-2-7-16(14)15/h1-2,4,7,12,15H,3,5-6,8-11,13H2,(H,22,25)/t15-/m0/s1. The molecule has 4 rings (SSSR count). The minimum atomic E-state index is -0.319. The number of hydrogen-bond acceptors (Lipinski definition) is 4. The second-order valence-corrected chi connectivity index (χ2v) is 7.35. The Morgan fingerprint density at radius 3 is 2.84 bits per heavy atom. The highest BCUT2D eigenvalue weighted by Crippen LogP contribution is 2.32. The molecule has 1 aromatic carbocycles. The third-order valence-electron chi connectivity index (χ3n) is 5.46. The van der Waals surface area contributed by atoms with Crippen molar-refractivity contribution in [2.75, 3.05) is 37.6 Å². The summed E-state index contributed by atoms with van der Waals surface area (Å²) in [5.41, 5.74) is 3.49. The van der Waals surface area contributed by atoms with Gasteiger partial charge in [0.05, 0.1) is 11.9 Å². The van der Waals surface area contributed by atoms with Crippen molar-refractivity contribution in [3.05, 3.63) is 57.0 Å². The van der Waals surface area contributed by atoms with E-state index in [2.05, 4.69) is 44.3 Å². The lowest BCUT2D eigenvalue weighted by molar-refractivity contribution is 0.234. The fourth-order valence-electron chi connectivity index (χ4n) is 4.12. The lowest BCUT2D eigenvalue weighted by Crippen LogP contribution is -2.48. The molecule has 0 radical (unpaired) electrons. The first kappa shape index (κ1) is 16.6. The molecule has 1 aliphatic carbocycles. The van der Waals surface area contributed by atoms with Crippen LogP contribution in [-0.2, 0) is 6.42 Å². The highest BCUT2D eigenvalue weighted by atomic mass is 35.5. The van der Waals surface area contributed by atoms with Gasteiger partial charge >= 0.3 is 0 Å². The molecule has 0 unspecified atom stereocenters. The molecular formula is C19H23ClN4O. The minimum Gasteiger partial charge on any atom is -0.366 e. The molecule has 2 heterocycles. The first-order chi connectivity index (χ1) is 12.2. The van der Waals surface area contributed by atoms with E-state index in [1.54, 1.807) is 6.20 Å². The normalized spacial score (nSPS) is 21.2. The molecule has 0 amide bonds. The monoisotopic (exact) mass is 358 g/mol. The van der Waals surface area contributed by atoms with Crippen LogP contribution in [-0.4, -0.2) is 47.8 Å². The fraction of sp³-hybridized carbons (Fsp3) is 0.474. The Morgan fingerprint density at radius 2 is 2.00 bits per heavy atom. The molecule has 1 atom stereocenters. The van der Waals surface area contributed by atoms with Crippen LogP contribution in [0.25, 0.3) is 0 Å². The van der Waals surface area contributed by atoms with Crippen LogP contribution >= 0.6 is 11.6 Å². The summed E-state index contributed by atoms with van der Waals surface area (Å²) in [5, 5.41) is 6.50. The molecule has 25 heavy (non-hydrogen) atoms. The lowest BCUT2D eigenvalue weighted by Gasteiger charge is -2.38. The van der Waals surface area contributed by atoms with Gasteiger partial charge in [-0.3, -0.25) is 9.69 Å². The van der Waals surface area contributed by atoms with Crippen LogP contribution in [0, 0.1) is 0 Å². The first-order valence-corrected chi connectivity index (χ1v) is 9.38. The van der Waals surface area contributed by atoms with E-state index in [4.69, 9.17) is 11.6 Å². The van der Waals surface area contributed by atoms with Crippen molar-refractivity contribution in [1.82, 2.24) is 15.1 Å². The average molecular weight is 359 g/mol. The summed E-state index contributed by atoms with van der Waals surface area (Å²) in [6, 6.07) is 8.90. The summed E-state index contributed by atoms with van der Waals surface area (Å²) in [5.74, 6) is 0.640. The highest BCUT2D eigenvalue weighted by Gasteiger charge is 2.25. The Kier molecular flexibility index (Phi) is 4.77. The van der Waals surface area contributed by atoms with E-state index in [-0.39, 0.29) is 10.6 Å². The van der Waals surface area contributed by atoms with Gasteiger partial charge in [0, 0.05) is 32.7 Å². The van der Waals surface area contributed by atoms with Gasteiger partial charge in [-0.2, -0.15) is 5.10 Å². The summed E-state index contributed by atoms with van der Waals surface area (Å²) >= 11 is 6.14. The maximum absolute atomic E-state index is 11.6. The highest BCUT2D eigenvalue weighted by molar-refractivity contribution is 6.32. The van der Waals surface area contributed by atoms with Crippen LogP contribution in [0.2, 0.25) is 5.02 Å². The Bertz CT molecular complexity index is 798. The van der Waals surface area contributed by atoms with Gasteiger partial charge in [0.15, 0.2) is 0 Å². The molecule has 1 saturated heterocycles. The van der Waals surface area contributed by atoms with Gasteiger partial charge in [-0.15, -0.1) is 0 Å². The van der Waals surface area contributed by atoms with Crippen molar-refractivity contribution in [1.29, 1.82) is 0 Å². The number of fused-ring (bicyclic) bond motifs is 1. The van der Waals surface area contributed by atoms with E-state index in [1.807, 2.05) is 0 Å². The van der Waals surface area contributed by atoms with Crippen molar-refractivity contribution in [3.63, 3.8) is 0 Å². The van der Waals surface area contributed by atoms with Crippen LogP contribution in [0.4, 0.5) is 5.69 Å². The molecule has 132 valence electrons. The van der Waals surface area contributed by atoms with Crippen LogP contribution in [0.3, 0.4) is 0 Å². The smallest absolute Gasteiger partial charge is 0.285 e. The molecule has 1 N–H and O–H groups in total. The number of halogens is 1. The topological polar surface area (TPSA) is 52.2 Å². The van der Waals surface area contributed by atoms with Gasteiger partial charge < -0.3 is 4.90 Å². The number of aromatic amines is 1. The molecule has 5 nitrogen and oxygen atoms in total. The molecule has 6 heteroatoms. The summed E-state index contributed by atoms with van der Waals surface area (Å²) < 4.78 is 0. The van der Waals surface area contributed by atoms with E-state index in [1.165, 1.54) is 30.4 Å². The zero-order valence-electron chi connectivity index (χ0n) is 14.2. The molecule has 0 saturated carbocycles. The summed E-state index contributed by atoms with van der Waals surface area (Å²) in [4.78, 5) is 16.3. The van der Waals surface area contributed by atoms with Gasteiger partial charge in [-0.05, 0) is 36.3 Å². The number of anilines is 1. The largest absolute Gasteiger partial charge is 0.366 e. The lowest BCUT2D eigenvalue weighted by atomic mass is 9.82. The Morgan fingerprint density at radius 1 is 1.20 bits per heavy atom. The van der Waals surface area contributed by atoms with E-state index in [0.717, 1.165) is 38.4 Å². The quantitative estimate of drug-likeness (QED) is 0.916. The molecule has 1 fully saturated rings. The molecule has 2 aliphatic rings. The van der Waals surface area contributed by atoms with E-state index in [9.17, 15) is 4.79 Å². The maximum atomic E-state index is 11.6. The molecular weight excluding hydrogens is 336 g/mol. The van der Waals surface area contributed by atoms with Crippen LogP contribution in [0.5, 0.6) is 0 Å². The van der Waals surface area contributed by atoms with Crippen molar-refractivity contribution in [2.45, 2.75) is 25.2 Å². The van der Waals surface area contributed by atoms with Gasteiger partial charge in [0.25, 0.3) is 5.56 Å². The molecule has 0 spiro atoms. The summed E-state index contributed by atoms with van der Waals surface area (Å²) in [6.07, 6.45) is 5.43. The number of aromatic nitrogens is 2. The maximum Gasteiger partial charge on any atom is 0.285 e. The second kappa shape index (κ2) is 7.18.